The molecule has 2 amide bonds. The second kappa shape index (κ2) is 15.1. The summed E-state index contributed by atoms with van der Waals surface area (Å²) >= 11 is 0. The van der Waals surface area contributed by atoms with E-state index in [1.165, 1.54) is 5.69 Å². The first kappa shape index (κ1) is 37.3. The number of carbonyl (C=O) groups is 4. The van der Waals surface area contributed by atoms with E-state index in [0.29, 0.717) is 51.1 Å². The Hall–Kier alpha value is -4.98. The van der Waals surface area contributed by atoms with Crippen molar-refractivity contribution in [1.29, 1.82) is 10.8 Å². The Labute approximate surface area is 298 Å². The number of aryl methyl sites for hydroxylation is 2. The van der Waals surface area contributed by atoms with Crippen LogP contribution in [0.5, 0.6) is 0 Å². The Morgan fingerprint density at radius 2 is 1.27 bits per heavy atom. The summed E-state index contributed by atoms with van der Waals surface area (Å²) in [6.45, 7) is 9.19. The topological polar surface area (TPSA) is 221 Å². The van der Waals surface area contributed by atoms with Gasteiger partial charge in [0.05, 0.1) is 12.0 Å². The second-order valence-corrected chi connectivity index (χ2v) is 14.6. The van der Waals surface area contributed by atoms with Crippen molar-refractivity contribution in [3.8, 4) is 0 Å². The van der Waals surface area contributed by atoms with Crippen molar-refractivity contribution in [2.24, 2.45) is 22.3 Å². The number of nitrogen functional groups attached to an aromatic ring is 2. The van der Waals surface area contributed by atoms with Crippen molar-refractivity contribution in [3.05, 3.63) is 58.7 Å². The van der Waals surface area contributed by atoms with Crippen molar-refractivity contribution in [2.75, 3.05) is 62.2 Å². The number of carboxylic acid groups (broad SMARTS) is 2. The van der Waals surface area contributed by atoms with Gasteiger partial charge in [-0.2, -0.15) is 0 Å². The van der Waals surface area contributed by atoms with Crippen molar-refractivity contribution in [2.45, 2.75) is 58.8 Å². The number of hydrogen-bond acceptors (Lipinski definition) is 8. The normalized spacial score (nSPS) is 19.6. The van der Waals surface area contributed by atoms with Crippen LogP contribution in [-0.2, 0) is 19.2 Å². The minimum atomic E-state index is -1.06. The predicted octanol–water partition coefficient (Wildman–Crippen LogP) is 2.76. The summed E-state index contributed by atoms with van der Waals surface area (Å²) in [6.07, 6.45) is 4.72. The van der Waals surface area contributed by atoms with Crippen LogP contribution in [0.3, 0.4) is 0 Å². The van der Waals surface area contributed by atoms with Crippen LogP contribution in [0.4, 0.5) is 11.4 Å². The Morgan fingerprint density at radius 1 is 0.745 bits per heavy atom. The number of amides is 2. The van der Waals surface area contributed by atoms with Crippen LogP contribution in [-0.4, -0.2) is 108 Å². The van der Waals surface area contributed by atoms with Gasteiger partial charge in [-0.05, 0) is 118 Å². The molecular formula is C37H50N8O6. The predicted molar refractivity (Wildman–Crippen MR) is 194 cm³/mol. The van der Waals surface area contributed by atoms with E-state index < -0.39 is 18.4 Å². The van der Waals surface area contributed by atoms with Gasteiger partial charge in [0, 0.05) is 55.2 Å². The zero-order chi connectivity index (χ0) is 37.1. The molecule has 4 heterocycles. The monoisotopic (exact) mass is 702 g/mol. The van der Waals surface area contributed by atoms with E-state index in [4.69, 9.17) is 32.5 Å². The number of amidine groups is 2. The maximum absolute atomic E-state index is 13.1. The molecule has 0 saturated carbocycles. The third-order valence-corrected chi connectivity index (χ3v) is 11.2. The lowest BCUT2D eigenvalue weighted by atomic mass is 9.77. The number of piperidine rings is 2. The summed E-state index contributed by atoms with van der Waals surface area (Å²) in [5.41, 5.74) is 16.4. The lowest BCUT2D eigenvalue weighted by molar-refractivity contribution is -0.145. The molecule has 0 unspecified atom stereocenters. The molecule has 2 aromatic carbocycles. The number of rotatable bonds is 8. The molecule has 2 spiro atoms. The average Bonchev–Trinajstić information content (AvgIpc) is 3.62. The first-order valence-electron chi connectivity index (χ1n) is 17.5. The van der Waals surface area contributed by atoms with E-state index in [-0.39, 0.29) is 40.9 Å². The molecule has 4 fully saturated rings. The smallest absolute Gasteiger partial charge is 0.317 e. The fourth-order valence-electron chi connectivity index (χ4n) is 8.17. The number of nitrogens with zero attached hydrogens (tertiary/aromatic N) is 4. The Balaban J connectivity index is 0.000000198. The molecule has 4 aliphatic heterocycles. The Bertz CT molecular complexity index is 1710. The summed E-state index contributed by atoms with van der Waals surface area (Å²) in [7, 11) is 0. The molecule has 51 heavy (non-hydrogen) atoms. The quantitative estimate of drug-likeness (QED) is 0.134. The largest absolute Gasteiger partial charge is 0.481 e. The Kier molecular flexibility index (Phi) is 11.0. The molecule has 0 radical (unpaired) electrons. The number of hydrogen-bond donors (Lipinski definition) is 6. The maximum atomic E-state index is 13.1. The van der Waals surface area contributed by atoms with Crippen LogP contribution < -0.4 is 21.3 Å². The minimum absolute atomic E-state index is 0.0182. The van der Waals surface area contributed by atoms with Gasteiger partial charge in [0.2, 0.25) is 11.8 Å². The van der Waals surface area contributed by atoms with Gasteiger partial charge >= 0.3 is 11.9 Å². The summed E-state index contributed by atoms with van der Waals surface area (Å²) in [4.78, 5) is 54.4. The number of nitrogens with one attached hydrogen (secondary N) is 2. The van der Waals surface area contributed by atoms with Gasteiger partial charge in [0.25, 0.3) is 0 Å². The van der Waals surface area contributed by atoms with Gasteiger partial charge < -0.3 is 36.4 Å². The van der Waals surface area contributed by atoms with Gasteiger partial charge in [-0.15, -0.1) is 0 Å². The Morgan fingerprint density at radius 3 is 1.78 bits per heavy atom. The SMILES string of the molecule is Cc1cc(C(=N)N)ccc1N1CCC2(CCN(C(=O)CC(=O)O)CC2)C1.Cc1cc(C(=N)N)ccc1N1CCC2(CCN(CC(=O)O)CC2)C1=O. The summed E-state index contributed by atoms with van der Waals surface area (Å²) in [6, 6.07) is 11.4. The van der Waals surface area contributed by atoms with Crippen LogP contribution in [0.1, 0.15) is 67.2 Å². The second-order valence-electron chi connectivity index (χ2n) is 14.6. The molecule has 14 nitrogen and oxygen atoms in total. The lowest BCUT2D eigenvalue weighted by Crippen LogP contribution is -2.46. The fraction of sp³-hybridized carbons (Fsp3) is 0.514. The highest BCUT2D eigenvalue weighted by Gasteiger charge is 2.49. The molecule has 4 aliphatic rings. The minimum Gasteiger partial charge on any atom is -0.481 e. The third kappa shape index (κ3) is 8.33. The number of carboxylic acids is 2. The van der Waals surface area contributed by atoms with Gasteiger partial charge in [0.15, 0.2) is 0 Å². The van der Waals surface area contributed by atoms with Gasteiger partial charge in [-0.3, -0.25) is 34.9 Å². The van der Waals surface area contributed by atoms with Crippen LogP contribution in [0.2, 0.25) is 0 Å². The first-order valence-corrected chi connectivity index (χ1v) is 17.5. The zero-order valence-corrected chi connectivity index (χ0v) is 29.5. The number of nitrogens with two attached hydrogens (primary N) is 2. The molecule has 2 aromatic rings. The van der Waals surface area contributed by atoms with Crippen molar-refractivity contribution in [1.82, 2.24) is 9.80 Å². The standard InChI is InChI=1S/C19H26N4O3.C18H24N4O3/c1-13-10-14(18(20)21)2-3-15(13)23-9-6-19(12-23)4-7-22(8-5-19)16(24)11-17(25)26;1-12-10-13(16(19)20)2-3-14(12)22-9-6-18(17(22)25)4-7-21(8-5-18)11-15(23)24/h2-3,10H,4-9,11-12H2,1H3,(H3,20,21)(H,25,26);2-3,10H,4-9,11H2,1H3,(H3,19,20)(H,23,24). The van der Waals surface area contributed by atoms with E-state index >= 15 is 0 Å². The molecule has 0 aliphatic carbocycles. The molecule has 6 rings (SSSR count). The summed E-state index contributed by atoms with van der Waals surface area (Å²) < 4.78 is 0. The van der Waals surface area contributed by atoms with E-state index in [9.17, 15) is 19.2 Å². The highest BCUT2D eigenvalue weighted by Crippen LogP contribution is 2.44. The average molecular weight is 703 g/mol. The molecule has 274 valence electrons. The van der Waals surface area contributed by atoms with Gasteiger partial charge in [0.1, 0.15) is 18.1 Å². The number of likely N-dealkylation sites (tertiary alicyclic amines) is 2. The van der Waals surface area contributed by atoms with E-state index in [1.54, 1.807) is 11.0 Å². The molecule has 0 aromatic heterocycles. The first-order chi connectivity index (χ1) is 24.1. The number of aliphatic carboxylic acids is 2. The molecular weight excluding hydrogens is 652 g/mol. The summed E-state index contributed by atoms with van der Waals surface area (Å²) in [5, 5.41) is 32.8. The molecule has 0 bridgehead atoms. The van der Waals surface area contributed by atoms with Crippen LogP contribution >= 0.6 is 0 Å². The highest BCUT2D eigenvalue weighted by molar-refractivity contribution is 6.02. The zero-order valence-electron chi connectivity index (χ0n) is 29.5. The van der Waals surface area contributed by atoms with Crippen LogP contribution in [0.15, 0.2) is 36.4 Å². The summed E-state index contributed by atoms with van der Waals surface area (Å²) in [5.74, 6) is -1.93. The van der Waals surface area contributed by atoms with Gasteiger partial charge in [-0.1, -0.05) is 0 Å². The molecule has 14 heteroatoms. The van der Waals surface area contributed by atoms with Crippen molar-refractivity contribution < 1.29 is 29.4 Å². The van der Waals surface area contributed by atoms with Gasteiger partial charge in [-0.25, -0.2) is 0 Å². The maximum Gasteiger partial charge on any atom is 0.317 e. The third-order valence-electron chi connectivity index (χ3n) is 11.2. The molecule has 4 saturated heterocycles. The molecule has 0 atom stereocenters. The van der Waals surface area contributed by atoms with Crippen LogP contribution in [0.25, 0.3) is 0 Å². The van der Waals surface area contributed by atoms with Crippen LogP contribution in [0, 0.1) is 35.5 Å². The number of benzene rings is 2. The highest BCUT2D eigenvalue weighted by atomic mass is 16.4. The number of anilines is 2. The number of carbonyl (C=O) groups excluding carboxylic acids is 2. The van der Waals surface area contributed by atoms with E-state index in [1.807, 2.05) is 54.0 Å². The van der Waals surface area contributed by atoms with E-state index in [2.05, 4.69) is 4.90 Å². The molecule has 8 N–H and O–H groups in total. The van der Waals surface area contributed by atoms with Crippen molar-refractivity contribution in [3.63, 3.8) is 0 Å². The lowest BCUT2D eigenvalue weighted by Gasteiger charge is -2.39. The fourth-order valence-corrected chi connectivity index (χ4v) is 8.17. The van der Waals surface area contributed by atoms with E-state index in [0.717, 1.165) is 61.2 Å². The van der Waals surface area contributed by atoms with Crippen molar-refractivity contribution >= 4 is 46.8 Å².